The summed E-state index contributed by atoms with van der Waals surface area (Å²) in [4.78, 5) is 13.4. The molecule has 1 rings (SSSR count). The summed E-state index contributed by atoms with van der Waals surface area (Å²) in [5.41, 5.74) is 0.685. The number of benzene rings is 1. The smallest absolute Gasteiger partial charge is 0.177 e. The van der Waals surface area contributed by atoms with Gasteiger partial charge in [-0.1, -0.05) is 28.1 Å². The quantitative estimate of drug-likeness (QED) is 0.396. The maximum absolute atomic E-state index is 11.7. The van der Waals surface area contributed by atoms with Crippen LogP contribution in [-0.4, -0.2) is 16.9 Å². The van der Waals surface area contributed by atoms with Gasteiger partial charge in [0.25, 0.3) is 0 Å². The second kappa shape index (κ2) is 5.24. The first kappa shape index (κ1) is 12.1. The lowest BCUT2D eigenvalue weighted by Crippen LogP contribution is -2.10. The summed E-state index contributed by atoms with van der Waals surface area (Å²) in [5.74, 6) is 0.0749. The van der Waals surface area contributed by atoms with Gasteiger partial charge >= 0.3 is 0 Å². The maximum Gasteiger partial charge on any atom is 0.177 e. The molecule has 76 valence electrons. The van der Waals surface area contributed by atoms with E-state index in [0.717, 1.165) is 9.79 Å². The highest BCUT2D eigenvalue weighted by Gasteiger charge is 2.15. The zero-order valence-electron chi connectivity index (χ0n) is 7.95. The molecule has 14 heavy (non-hydrogen) atoms. The van der Waals surface area contributed by atoms with Crippen LogP contribution >= 0.6 is 40.3 Å². The molecule has 1 nitrogen and oxygen atoms in total. The number of thioether (sulfide) groups is 1. The van der Waals surface area contributed by atoms with Gasteiger partial charge in [-0.25, -0.2) is 0 Å². The minimum Gasteiger partial charge on any atom is -0.293 e. The van der Waals surface area contributed by atoms with Crippen LogP contribution in [-0.2, 0) is 0 Å². The van der Waals surface area contributed by atoms with E-state index in [1.165, 1.54) is 0 Å². The first-order chi connectivity index (χ1) is 6.57. The van der Waals surface area contributed by atoms with Crippen molar-refractivity contribution in [3.05, 3.63) is 23.8 Å². The SMILES string of the molecule is CSc1cccc(C(=O)C(C)Br)c1S. The van der Waals surface area contributed by atoms with Crippen LogP contribution in [0.5, 0.6) is 0 Å². The number of carbonyl (C=O) groups excluding carboxylic acids is 1. The fourth-order valence-corrected chi connectivity index (χ4v) is 2.40. The minimum atomic E-state index is -0.162. The van der Waals surface area contributed by atoms with Crippen molar-refractivity contribution < 1.29 is 4.79 Å². The van der Waals surface area contributed by atoms with Gasteiger partial charge in [0.2, 0.25) is 0 Å². The highest BCUT2D eigenvalue weighted by Crippen LogP contribution is 2.28. The number of hydrogen-bond acceptors (Lipinski definition) is 3. The molecule has 0 spiro atoms. The number of halogens is 1. The van der Waals surface area contributed by atoms with Crippen molar-refractivity contribution in [2.24, 2.45) is 0 Å². The van der Waals surface area contributed by atoms with Crippen molar-refractivity contribution in [3.8, 4) is 0 Å². The van der Waals surface area contributed by atoms with Crippen LogP contribution in [0.4, 0.5) is 0 Å². The summed E-state index contributed by atoms with van der Waals surface area (Å²) in [6.45, 7) is 1.82. The minimum absolute atomic E-state index is 0.0749. The molecule has 0 fully saturated rings. The van der Waals surface area contributed by atoms with Crippen LogP contribution in [0.25, 0.3) is 0 Å². The number of alkyl halides is 1. The summed E-state index contributed by atoms with van der Waals surface area (Å²) >= 11 is 9.22. The molecular weight excluding hydrogens is 280 g/mol. The van der Waals surface area contributed by atoms with Crippen LogP contribution < -0.4 is 0 Å². The van der Waals surface area contributed by atoms with E-state index in [1.807, 2.05) is 31.4 Å². The van der Waals surface area contributed by atoms with Crippen molar-refractivity contribution >= 4 is 46.1 Å². The zero-order chi connectivity index (χ0) is 10.7. The molecule has 0 aromatic heterocycles. The molecule has 1 unspecified atom stereocenters. The Bertz CT molecular complexity index is 350. The normalized spacial score (nSPS) is 12.6. The molecule has 0 saturated carbocycles. The predicted molar refractivity (Wildman–Crippen MR) is 68.2 cm³/mol. The summed E-state index contributed by atoms with van der Waals surface area (Å²) in [6.07, 6.45) is 1.97. The van der Waals surface area contributed by atoms with E-state index in [1.54, 1.807) is 11.8 Å². The Balaban J connectivity index is 3.16. The van der Waals surface area contributed by atoms with Gasteiger partial charge in [-0.3, -0.25) is 4.79 Å². The maximum atomic E-state index is 11.7. The van der Waals surface area contributed by atoms with Crippen molar-refractivity contribution in [1.29, 1.82) is 0 Å². The lowest BCUT2D eigenvalue weighted by atomic mass is 10.1. The molecule has 0 N–H and O–H groups in total. The van der Waals surface area contributed by atoms with Crippen LogP contribution in [0.1, 0.15) is 17.3 Å². The second-order valence-corrected chi connectivity index (χ2v) is 5.51. The lowest BCUT2D eigenvalue weighted by molar-refractivity contribution is 0.0992. The highest BCUT2D eigenvalue weighted by atomic mass is 79.9. The van der Waals surface area contributed by atoms with Crippen LogP contribution in [0, 0.1) is 0 Å². The molecule has 0 aliphatic heterocycles. The van der Waals surface area contributed by atoms with Gasteiger partial charge in [-0.15, -0.1) is 24.4 Å². The van der Waals surface area contributed by atoms with Gasteiger partial charge in [0, 0.05) is 15.4 Å². The first-order valence-electron chi connectivity index (χ1n) is 4.12. The average molecular weight is 291 g/mol. The van der Waals surface area contributed by atoms with Crippen molar-refractivity contribution in [2.75, 3.05) is 6.26 Å². The fraction of sp³-hybridized carbons (Fsp3) is 0.300. The van der Waals surface area contributed by atoms with Gasteiger partial charge in [0.05, 0.1) is 4.83 Å². The van der Waals surface area contributed by atoms with E-state index in [-0.39, 0.29) is 10.6 Å². The van der Waals surface area contributed by atoms with Crippen molar-refractivity contribution in [2.45, 2.75) is 21.5 Å². The van der Waals surface area contributed by atoms with Gasteiger partial charge in [0.1, 0.15) is 0 Å². The van der Waals surface area contributed by atoms with Gasteiger partial charge in [0.15, 0.2) is 5.78 Å². The Kier molecular flexibility index (Phi) is 4.54. The Morgan fingerprint density at radius 1 is 1.57 bits per heavy atom. The number of rotatable bonds is 3. The molecule has 0 aliphatic carbocycles. The van der Waals surface area contributed by atoms with E-state index in [4.69, 9.17) is 0 Å². The Morgan fingerprint density at radius 2 is 2.21 bits per heavy atom. The number of carbonyl (C=O) groups is 1. The molecule has 0 aliphatic rings. The zero-order valence-corrected chi connectivity index (χ0v) is 11.2. The largest absolute Gasteiger partial charge is 0.293 e. The first-order valence-corrected chi connectivity index (χ1v) is 6.71. The van der Waals surface area contributed by atoms with E-state index < -0.39 is 0 Å². The summed E-state index contributed by atoms with van der Waals surface area (Å²) in [6, 6.07) is 5.65. The molecule has 1 aromatic carbocycles. The van der Waals surface area contributed by atoms with Crippen LogP contribution in [0.15, 0.2) is 28.0 Å². The molecule has 1 atom stereocenters. The van der Waals surface area contributed by atoms with Crippen molar-refractivity contribution in [1.82, 2.24) is 0 Å². The van der Waals surface area contributed by atoms with E-state index >= 15 is 0 Å². The summed E-state index contributed by atoms with van der Waals surface area (Å²) < 4.78 is 0. The average Bonchev–Trinajstić information content (AvgIpc) is 2.17. The predicted octanol–water partition coefficient (Wildman–Crippen LogP) is 3.66. The molecule has 4 heteroatoms. The molecule has 0 amide bonds. The van der Waals surface area contributed by atoms with Crippen LogP contribution in [0.2, 0.25) is 0 Å². The molecule has 1 aromatic rings. The second-order valence-electron chi connectivity index (χ2n) is 2.84. The van der Waals surface area contributed by atoms with Crippen molar-refractivity contribution in [3.63, 3.8) is 0 Å². The summed E-state index contributed by atoms with van der Waals surface area (Å²) in [7, 11) is 0. The third-order valence-corrected chi connectivity index (χ3v) is 3.67. The number of thiol groups is 1. The van der Waals surface area contributed by atoms with E-state index in [0.29, 0.717) is 5.56 Å². The van der Waals surface area contributed by atoms with E-state index in [9.17, 15) is 4.79 Å². The molecule has 0 saturated heterocycles. The molecular formula is C10H11BrOS2. The van der Waals surface area contributed by atoms with Gasteiger partial charge in [-0.05, 0) is 19.2 Å². The van der Waals surface area contributed by atoms with Crippen LogP contribution in [0.3, 0.4) is 0 Å². The molecule has 0 radical (unpaired) electrons. The number of ketones is 1. The monoisotopic (exact) mass is 290 g/mol. The Morgan fingerprint density at radius 3 is 2.71 bits per heavy atom. The van der Waals surface area contributed by atoms with Gasteiger partial charge in [-0.2, -0.15) is 0 Å². The molecule has 0 bridgehead atoms. The molecule has 0 heterocycles. The number of hydrogen-bond donors (Lipinski definition) is 1. The third kappa shape index (κ3) is 2.55. The topological polar surface area (TPSA) is 17.1 Å². The Labute approximate surface area is 102 Å². The van der Waals surface area contributed by atoms with Gasteiger partial charge < -0.3 is 0 Å². The summed E-state index contributed by atoms with van der Waals surface area (Å²) in [5, 5.41) is 0. The Hall–Kier alpha value is 0.0700. The third-order valence-electron chi connectivity index (χ3n) is 1.85. The lowest BCUT2D eigenvalue weighted by Gasteiger charge is -2.08. The highest BCUT2D eigenvalue weighted by molar-refractivity contribution is 9.10. The number of Topliss-reactive ketones (excluding diaryl/α,β-unsaturated/α-hetero) is 1. The fourth-order valence-electron chi connectivity index (χ4n) is 1.10. The standard InChI is InChI=1S/C10H11BrOS2/c1-6(11)9(12)7-4-3-5-8(14-2)10(7)13/h3-6,13H,1-2H3. The van der Waals surface area contributed by atoms with E-state index in [2.05, 4.69) is 28.6 Å².